The van der Waals surface area contributed by atoms with E-state index in [0.29, 0.717) is 13.2 Å². The molecule has 2 aromatic carbocycles. The van der Waals surface area contributed by atoms with Gasteiger partial charge in [-0.1, -0.05) is 54.6 Å². The summed E-state index contributed by atoms with van der Waals surface area (Å²) in [7, 11) is 1.66. The van der Waals surface area contributed by atoms with Crippen molar-refractivity contribution in [2.24, 2.45) is 5.92 Å². The molecule has 27 heavy (non-hydrogen) atoms. The lowest BCUT2D eigenvalue weighted by molar-refractivity contribution is -0.125. The van der Waals surface area contributed by atoms with Crippen molar-refractivity contribution in [1.29, 1.82) is 0 Å². The van der Waals surface area contributed by atoms with Crippen LogP contribution in [-0.4, -0.2) is 44.2 Å². The average molecular weight is 367 g/mol. The molecule has 1 heterocycles. The van der Waals surface area contributed by atoms with Gasteiger partial charge in [-0.3, -0.25) is 9.69 Å². The molecular weight excluding hydrogens is 336 g/mol. The number of likely N-dealkylation sites (tertiary alicyclic amines) is 1. The van der Waals surface area contributed by atoms with Crippen LogP contribution in [0.1, 0.15) is 24.8 Å². The molecule has 2 aromatic rings. The van der Waals surface area contributed by atoms with Gasteiger partial charge in [0.05, 0.1) is 6.61 Å². The molecule has 1 unspecified atom stereocenters. The molecule has 1 amide bonds. The lowest BCUT2D eigenvalue weighted by Gasteiger charge is -2.22. The first-order valence-electron chi connectivity index (χ1n) is 9.90. The molecule has 1 atom stereocenters. The fourth-order valence-electron chi connectivity index (χ4n) is 3.80. The van der Waals surface area contributed by atoms with E-state index in [1.807, 2.05) is 0 Å². The Kier molecular flexibility index (Phi) is 7.43. The Bertz CT molecular complexity index is 717. The molecule has 3 rings (SSSR count). The summed E-state index contributed by atoms with van der Waals surface area (Å²) in [6.45, 7) is 4.11. The number of nitrogens with one attached hydrogen (secondary N) is 1. The van der Waals surface area contributed by atoms with Crippen molar-refractivity contribution in [2.75, 3.05) is 33.4 Å². The molecule has 4 nitrogen and oxygen atoms in total. The summed E-state index contributed by atoms with van der Waals surface area (Å²) >= 11 is 0. The van der Waals surface area contributed by atoms with Crippen molar-refractivity contribution in [3.8, 4) is 11.1 Å². The van der Waals surface area contributed by atoms with Gasteiger partial charge in [-0.2, -0.15) is 0 Å². The van der Waals surface area contributed by atoms with Gasteiger partial charge in [0.2, 0.25) is 5.91 Å². The molecule has 1 fully saturated rings. The van der Waals surface area contributed by atoms with Gasteiger partial charge in [0, 0.05) is 26.1 Å². The summed E-state index contributed by atoms with van der Waals surface area (Å²) in [6, 6.07) is 19.2. The second kappa shape index (κ2) is 10.2. The number of hydrogen-bond donors (Lipinski definition) is 1. The van der Waals surface area contributed by atoms with E-state index in [4.69, 9.17) is 4.74 Å². The van der Waals surface area contributed by atoms with Crippen molar-refractivity contribution in [3.05, 3.63) is 60.2 Å². The van der Waals surface area contributed by atoms with Crippen LogP contribution in [0.15, 0.2) is 54.6 Å². The highest BCUT2D eigenvalue weighted by atomic mass is 16.5. The molecule has 0 aromatic heterocycles. The molecule has 144 valence electrons. The number of hydrogen-bond acceptors (Lipinski definition) is 3. The Morgan fingerprint density at radius 3 is 2.67 bits per heavy atom. The molecule has 4 heteroatoms. The Hall–Kier alpha value is -2.17. The van der Waals surface area contributed by atoms with Crippen LogP contribution in [0.4, 0.5) is 0 Å². The smallest absolute Gasteiger partial charge is 0.223 e. The number of nitrogens with zero attached hydrogens (tertiary/aromatic N) is 1. The molecular formula is C23H30N2O2. The van der Waals surface area contributed by atoms with E-state index < -0.39 is 0 Å². The van der Waals surface area contributed by atoms with E-state index >= 15 is 0 Å². The second-order valence-electron chi connectivity index (χ2n) is 7.21. The Balaban J connectivity index is 1.60. The summed E-state index contributed by atoms with van der Waals surface area (Å²) in [5.41, 5.74) is 3.92. The van der Waals surface area contributed by atoms with E-state index in [-0.39, 0.29) is 11.8 Å². The molecule has 1 aliphatic rings. The highest BCUT2D eigenvalue weighted by Gasteiger charge is 2.23. The number of rotatable bonds is 7. The third kappa shape index (κ3) is 5.65. The largest absolute Gasteiger partial charge is 0.383 e. The minimum atomic E-state index is 0.122. The van der Waals surface area contributed by atoms with Crippen LogP contribution in [0.2, 0.25) is 0 Å². The summed E-state index contributed by atoms with van der Waals surface area (Å²) in [5.74, 6) is 0.301. The normalized spacial score (nSPS) is 18.0. The maximum absolute atomic E-state index is 12.3. The third-order valence-corrected chi connectivity index (χ3v) is 5.29. The van der Waals surface area contributed by atoms with Crippen molar-refractivity contribution < 1.29 is 9.53 Å². The van der Waals surface area contributed by atoms with Crippen LogP contribution in [0.5, 0.6) is 0 Å². The molecule has 1 aliphatic heterocycles. The SMILES string of the molecule is COCCNC(=O)C1CCCN(Cc2ccccc2-c2ccccc2)CC1. The van der Waals surface area contributed by atoms with Gasteiger partial charge in [-0.25, -0.2) is 0 Å². The fourth-order valence-corrected chi connectivity index (χ4v) is 3.80. The summed E-state index contributed by atoms with van der Waals surface area (Å²) in [5, 5.41) is 2.99. The van der Waals surface area contributed by atoms with Gasteiger partial charge in [0.15, 0.2) is 0 Å². The Morgan fingerprint density at radius 1 is 1.07 bits per heavy atom. The fraction of sp³-hybridized carbons (Fsp3) is 0.435. The first-order chi connectivity index (χ1) is 13.3. The summed E-state index contributed by atoms with van der Waals surface area (Å²) in [6.07, 6.45) is 2.96. The van der Waals surface area contributed by atoms with Gasteiger partial charge < -0.3 is 10.1 Å². The van der Waals surface area contributed by atoms with Crippen molar-refractivity contribution >= 4 is 5.91 Å². The first kappa shape index (κ1) is 19.6. The Labute approximate surface area is 162 Å². The van der Waals surface area contributed by atoms with Gasteiger partial charge >= 0.3 is 0 Å². The van der Waals surface area contributed by atoms with E-state index in [9.17, 15) is 4.79 Å². The molecule has 1 N–H and O–H groups in total. The van der Waals surface area contributed by atoms with Crippen LogP contribution in [0, 0.1) is 5.92 Å². The lowest BCUT2D eigenvalue weighted by Crippen LogP contribution is -2.33. The minimum absolute atomic E-state index is 0.122. The van der Waals surface area contributed by atoms with Gasteiger partial charge in [-0.05, 0) is 49.0 Å². The third-order valence-electron chi connectivity index (χ3n) is 5.29. The maximum atomic E-state index is 12.3. The predicted octanol–water partition coefficient (Wildman–Crippen LogP) is 3.72. The Morgan fingerprint density at radius 2 is 1.85 bits per heavy atom. The zero-order valence-electron chi connectivity index (χ0n) is 16.2. The topological polar surface area (TPSA) is 41.6 Å². The monoisotopic (exact) mass is 366 g/mol. The van der Waals surface area contributed by atoms with Crippen molar-refractivity contribution in [2.45, 2.75) is 25.8 Å². The molecule has 0 aliphatic carbocycles. The highest BCUT2D eigenvalue weighted by molar-refractivity contribution is 5.78. The number of methoxy groups -OCH3 is 1. The molecule has 0 spiro atoms. The standard InChI is InChI=1S/C23H30N2O2/c1-27-17-14-24-23(26)20-11-7-15-25(16-13-20)18-21-10-5-6-12-22(21)19-8-3-2-4-9-19/h2-6,8-10,12,20H,7,11,13-18H2,1H3,(H,24,26). The first-order valence-corrected chi connectivity index (χ1v) is 9.90. The van der Waals surface area contributed by atoms with Gasteiger partial charge in [-0.15, -0.1) is 0 Å². The van der Waals surface area contributed by atoms with Crippen molar-refractivity contribution in [1.82, 2.24) is 10.2 Å². The van der Waals surface area contributed by atoms with Crippen LogP contribution >= 0.6 is 0 Å². The van der Waals surface area contributed by atoms with Crippen LogP contribution in [0.3, 0.4) is 0 Å². The zero-order chi connectivity index (χ0) is 18.9. The zero-order valence-corrected chi connectivity index (χ0v) is 16.2. The molecule has 0 bridgehead atoms. The maximum Gasteiger partial charge on any atom is 0.223 e. The van der Waals surface area contributed by atoms with Crippen LogP contribution < -0.4 is 5.32 Å². The molecule has 0 saturated carbocycles. The van der Waals surface area contributed by atoms with E-state index in [0.717, 1.165) is 38.9 Å². The van der Waals surface area contributed by atoms with Crippen LogP contribution in [0.25, 0.3) is 11.1 Å². The number of benzene rings is 2. The number of ether oxygens (including phenoxy) is 1. The number of carbonyl (C=O) groups excluding carboxylic acids is 1. The molecule has 0 radical (unpaired) electrons. The van der Waals surface area contributed by atoms with Gasteiger partial charge in [0.25, 0.3) is 0 Å². The summed E-state index contributed by atoms with van der Waals surface area (Å²) < 4.78 is 5.01. The van der Waals surface area contributed by atoms with Gasteiger partial charge in [0.1, 0.15) is 0 Å². The minimum Gasteiger partial charge on any atom is -0.383 e. The predicted molar refractivity (Wildman–Crippen MR) is 109 cm³/mol. The van der Waals surface area contributed by atoms with E-state index in [1.54, 1.807) is 7.11 Å². The van der Waals surface area contributed by atoms with E-state index in [2.05, 4.69) is 64.8 Å². The number of carbonyl (C=O) groups is 1. The average Bonchev–Trinajstić information content (AvgIpc) is 2.95. The quantitative estimate of drug-likeness (QED) is 0.760. The van der Waals surface area contributed by atoms with Crippen molar-refractivity contribution in [3.63, 3.8) is 0 Å². The van der Waals surface area contributed by atoms with E-state index in [1.165, 1.54) is 16.7 Å². The summed E-state index contributed by atoms with van der Waals surface area (Å²) in [4.78, 5) is 14.8. The second-order valence-corrected chi connectivity index (χ2v) is 7.21. The number of amides is 1. The molecule has 1 saturated heterocycles. The van der Waals surface area contributed by atoms with Crippen LogP contribution in [-0.2, 0) is 16.1 Å². The highest BCUT2D eigenvalue weighted by Crippen LogP contribution is 2.26. The lowest BCUT2D eigenvalue weighted by atomic mass is 9.99.